The normalized spacial score (nSPS) is 10.1. The number of amides is 1. The number of carbonyl (C=O) groups excluding carboxylic acids is 1. The van der Waals surface area contributed by atoms with E-state index in [0.717, 1.165) is 10.0 Å². The molecule has 1 heterocycles. The van der Waals surface area contributed by atoms with Crippen molar-refractivity contribution in [3.8, 4) is 0 Å². The molecule has 2 aromatic rings. The average Bonchev–Trinajstić information content (AvgIpc) is 2.38. The van der Waals surface area contributed by atoms with E-state index in [1.807, 2.05) is 24.3 Å². The number of pyridine rings is 1. The van der Waals surface area contributed by atoms with Crippen molar-refractivity contribution in [2.75, 3.05) is 5.32 Å². The van der Waals surface area contributed by atoms with E-state index < -0.39 is 5.97 Å². The van der Waals surface area contributed by atoms with E-state index in [1.165, 1.54) is 12.3 Å². The SMILES string of the molecule is O=C(Cc1cccc(Br)c1)Nc1cccnc1C(=O)O. The number of hydrogen-bond donors (Lipinski definition) is 2. The van der Waals surface area contributed by atoms with Crippen molar-refractivity contribution >= 4 is 33.5 Å². The molecule has 5 nitrogen and oxygen atoms in total. The Bertz CT molecular complexity index is 658. The summed E-state index contributed by atoms with van der Waals surface area (Å²) >= 11 is 3.33. The van der Waals surface area contributed by atoms with E-state index in [4.69, 9.17) is 5.11 Å². The predicted octanol–water partition coefficient (Wildman–Crippen LogP) is 2.72. The van der Waals surface area contributed by atoms with Crippen molar-refractivity contribution in [3.05, 3.63) is 58.3 Å². The fraction of sp³-hybridized carbons (Fsp3) is 0.0714. The van der Waals surface area contributed by atoms with Gasteiger partial charge in [0.2, 0.25) is 5.91 Å². The average molecular weight is 335 g/mol. The van der Waals surface area contributed by atoms with E-state index in [0.29, 0.717) is 0 Å². The van der Waals surface area contributed by atoms with Gasteiger partial charge in [-0.05, 0) is 29.8 Å². The first-order chi connectivity index (χ1) is 9.56. The molecule has 0 aliphatic carbocycles. The second-order valence-electron chi connectivity index (χ2n) is 4.06. The van der Waals surface area contributed by atoms with Gasteiger partial charge >= 0.3 is 5.97 Å². The molecule has 20 heavy (non-hydrogen) atoms. The molecule has 0 aliphatic heterocycles. The van der Waals surface area contributed by atoms with Gasteiger partial charge in [0, 0.05) is 10.7 Å². The standard InChI is InChI=1S/C14H11BrN2O3/c15-10-4-1-3-9(7-10)8-12(18)17-11-5-2-6-16-13(11)14(19)20/h1-7H,8H2,(H,17,18)(H,19,20). The monoisotopic (exact) mass is 334 g/mol. The Hall–Kier alpha value is -2.21. The lowest BCUT2D eigenvalue weighted by Crippen LogP contribution is -2.17. The number of carboxylic acids is 1. The molecule has 0 saturated carbocycles. The highest BCUT2D eigenvalue weighted by Crippen LogP contribution is 2.15. The molecule has 1 aromatic heterocycles. The Balaban J connectivity index is 2.11. The zero-order chi connectivity index (χ0) is 14.5. The van der Waals surface area contributed by atoms with E-state index in [2.05, 4.69) is 26.2 Å². The lowest BCUT2D eigenvalue weighted by atomic mass is 10.1. The Morgan fingerprint density at radius 1 is 1.25 bits per heavy atom. The summed E-state index contributed by atoms with van der Waals surface area (Å²) in [6.07, 6.45) is 1.53. The van der Waals surface area contributed by atoms with Crippen LogP contribution < -0.4 is 5.32 Å². The van der Waals surface area contributed by atoms with Gasteiger partial charge in [-0.3, -0.25) is 4.79 Å². The van der Waals surface area contributed by atoms with Crippen LogP contribution in [-0.4, -0.2) is 22.0 Å². The molecule has 1 amide bonds. The van der Waals surface area contributed by atoms with Crippen molar-refractivity contribution in [1.82, 2.24) is 4.98 Å². The third kappa shape index (κ3) is 3.64. The van der Waals surface area contributed by atoms with Crippen LogP contribution in [0.15, 0.2) is 47.1 Å². The number of nitrogens with zero attached hydrogens (tertiary/aromatic N) is 1. The minimum absolute atomic E-state index is 0.160. The Labute approximate surface area is 123 Å². The second-order valence-corrected chi connectivity index (χ2v) is 4.98. The highest BCUT2D eigenvalue weighted by Gasteiger charge is 2.13. The largest absolute Gasteiger partial charge is 0.476 e. The van der Waals surface area contributed by atoms with Gasteiger partial charge in [0.25, 0.3) is 0 Å². The van der Waals surface area contributed by atoms with E-state index in [9.17, 15) is 9.59 Å². The van der Waals surface area contributed by atoms with Crippen molar-refractivity contribution in [1.29, 1.82) is 0 Å². The molecule has 6 heteroatoms. The van der Waals surface area contributed by atoms with Crippen molar-refractivity contribution < 1.29 is 14.7 Å². The van der Waals surface area contributed by atoms with Gasteiger partial charge in [0.1, 0.15) is 0 Å². The number of anilines is 1. The van der Waals surface area contributed by atoms with Crippen LogP contribution in [0.25, 0.3) is 0 Å². The highest BCUT2D eigenvalue weighted by molar-refractivity contribution is 9.10. The Morgan fingerprint density at radius 3 is 2.75 bits per heavy atom. The number of halogens is 1. The summed E-state index contributed by atoms with van der Waals surface area (Å²) < 4.78 is 0.885. The maximum absolute atomic E-state index is 11.9. The van der Waals surface area contributed by atoms with E-state index >= 15 is 0 Å². The van der Waals surface area contributed by atoms with Crippen LogP contribution in [0.2, 0.25) is 0 Å². The summed E-state index contributed by atoms with van der Waals surface area (Å²) in [6, 6.07) is 10.4. The zero-order valence-electron chi connectivity index (χ0n) is 10.3. The van der Waals surface area contributed by atoms with Gasteiger partial charge in [-0.1, -0.05) is 28.1 Å². The highest BCUT2D eigenvalue weighted by atomic mass is 79.9. The number of hydrogen-bond acceptors (Lipinski definition) is 3. The third-order valence-electron chi connectivity index (χ3n) is 2.54. The fourth-order valence-electron chi connectivity index (χ4n) is 1.70. The van der Waals surface area contributed by atoms with Crippen LogP contribution in [0.1, 0.15) is 16.1 Å². The molecule has 0 unspecified atom stereocenters. The van der Waals surface area contributed by atoms with Gasteiger partial charge in [-0.2, -0.15) is 0 Å². The lowest BCUT2D eigenvalue weighted by Gasteiger charge is -2.07. The molecule has 2 rings (SSSR count). The van der Waals surface area contributed by atoms with Crippen molar-refractivity contribution in [2.45, 2.75) is 6.42 Å². The summed E-state index contributed by atoms with van der Waals surface area (Å²) in [6.45, 7) is 0. The summed E-state index contributed by atoms with van der Waals surface area (Å²) in [5.74, 6) is -1.47. The molecular formula is C14H11BrN2O3. The zero-order valence-corrected chi connectivity index (χ0v) is 11.9. The van der Waals surface area contributed by atoms with Gasteiger partial charge in [0.15, 0.2) is 5.69 Å². The quantitative estimate of drug-likeness (QED) is 0.900. The minimum Gasteiger partial charge on any atom is -0.476 e. The molecule has 0 fully saturated rings. The number of carbonyl (C=O) groups is 2. The number of nitrogens with one attached hydrogen (secondary N) is 1. The van der Waals surface area contributed by atoms with E-state index in [-0.39, 0.29) is 23.7 Å². The van der Waals surface area contributed by atoms with Crippen LogP contribution in [0.5, 0.6) is 0 Å². The summed E-state index contributed by atoms with van der Waals surface area (Å²) in [5.41, 5.74) is 0.854. The molecule has 0 saturated heterocycles. The summed E-state index contributed by atoms with van der Waals surface area (Å²) in [7, 11) is 0. The Kier molecular flexibility index (Phi) is 4.47. The number of carboxylic acid groups (broad SMARTS) is 1. The summed E-state index contributed by atoms with van der Waals surface area (Å²) in [4.78, 5) is 26.6. The van der Waals surface area contributed by atoms with Gasteiger partial charge in [0.05, 0.1) is 12.1 Å². The molecule has 0 bridgehead atoms. The topological polar surface area (TPSA) is 79.3 Å². The maximum atomic E-state index is 11.9. The third-order valence-corrected chi connectivity index (χ3v) is 3.03. The van der Waals surface area contributed by atoms with Gasteiger partial charge in [-0.15, -0.1) is 0 Å². The number of rotatable bonds is 4. The first-order valence-corrected chi connectivity index (χ1v) is 6.58. The molecule has 0 spiro atoms. The molecule has 0 aliphatic rings. The molecule has 0 atom stereocenters. The number of benzene rings is 1. The molecule has 0 radical (unpaired) electrons. The molecule has 1 aromatic carbocycles. The predicted molar refractivity (Wildman–Crippen MR) is 77.7 cm³/mol. The Morgan fingerprint density at radius 2 is 2.05 bits per heavy atom. The van der Waals surface area contributed by atoms with Crippen LogP contribution in [-0.2, 0) is 11.2 Å². The summed E-state index contributed by atoms with van der Waals surface area (Å²) in [5, 5.41) is 11.5. The first-order valence-electron chi connectivity index (χ1n) is 5.79. The smallest absolute Gasteiger partial charge is 0.356 e. The lowest BCUT2D eigenvalue weighted by molar-refractivity contribution is -0.115. The fourth-order valence-corrected chi connectivity index (χ4v) is 2.15. The molecule has 2 N–H and O–H groups in total. The van der Waals surface area contributed by atoms with Crippen LogP contribution in [0, 0.1) is 0 Å². The van der Waals surface area contributed by atoms with Crippen LogP contribution in [0.4, 0.5) is 5.69 Å². The van der Waals surface area contributed by atoms with Crippen LogP contribution in [0.3, 0.4) is 0 Å². The molecule has 102 valence electrons. The van der Waals surface area contributed by atoms with Crippen molar-refractivity contribution in [3.63, 3.8) is 0 Å². The minimum atomic E-state index is -1.18. The second kappa shape index (κ2) is 6.29. The number of aromatic nitrogens is 1. The molecular weight excluding hydrogens is 324 g/mol. The van der Waals surface area contributed by atoms with Gasteiger partial charge in [-0.25, -0.2) is 9.78 Å². The van der Waals surface area contributed by atoms with Gasteiger partial charge < -0.3 is 10.4 Å². The van der Waals surface area contributed by atoms with Crippen LogP contribution >= 0.6 is 15.9 Å². The van der Waals surface area contributed by atoms with Crippen molar-refractivity contribution in [2.24, 2.45) is 0 Å². The first kappa shape index (κ1) is 14.2. The number of aromatic carboxylic acids is 1. The van der Waals surface area contributed by atoms with E-state index in [1.54, 1.807) is 6.07 Å². The maximum Gasteiger partial charge on any atom is 0.356 e.